The summed E-state index contributed by atoms with van der Waals surface area (Å²) in [5.74, 6) is 0. The Morgan fingerprint density at radius 1 is 0.750 bits per heavy atom. The van der Waals surface area contributed by atoms with Crippen molar-refractivity contribution in [2.24, 2.45) is 0 Å². The monoisotopic (exact) mass is 245 g/mol. The van der Waals surface area contributed by atoms with Gasteiger partial charge in [-0.1, -0.05) is 57.5 Å². The van der Waals surface area contributed by atoms with Crippen molar-refractivity contribution in [3.05, 3.63) is 30.3 Å². The molecule has 0 aliphatic carbocycles. The summed E-state index contributed by atoms with van der Waals surface area (Å²) in [5.41, 5.74) is 1.41. The minimum absolute atomic E-state index is 0. The third-order valence-electron chi connectivity index (χ3n) is 2.36. The summed E-state index contributed by atoms with van der Waals surface area (Å²) in [4.78, 5) is 0. The van der Waals surface area contributed by atoms with Crippen molar-refractivity contribution < 1.29 is 0 Å². The van der Waals surface area contributed by atoms with Gasteiger partial charge in [0.15, 0.2) is 0 Å². The molecule has 0 aliphatic heterocycles. The molecule has 0 spiro atoms. The average Bonchev–Trinajstić information content (AvgIpc) is 2.00. The molecule has 0 fully saturated rings. The van der Waals surface area contributed by atoms with Gasteiger partial charge in [-0.3, -0.25) is 0 Å². The fraction of sp³-hybridized carbons (Fsp3) is 0.500. The number of benzene rings is 1. The number of rotatable bonds is 3. The van der Waals surface area contributed by atoms with Crippen molar-refractivity contribution >= 4 is 41.0 Å². The van der Waals surface area contributed by atoms with Crippen LogP contribution in [0.4, 0.5) is 5.69 Å². The first-order valence-electron chi connectivity index (χ1n) is 5.58. The van der Waals surface area contributed by atoms with E-state index < -0.39 is 16.5 Å². The summed E-state index contributed by atoms with van der Waals surface area (Å²) in [6.45, 7) is 14.6. The van der Waals surface area contributed by atoms with E-state index in [0.717, 1.165) is 0 Å². The van der Waals surface area contributed by atoms with Gasteiger partial charge >= 0.3 is 18.9 Å². The minimum atomic E-state index is -1.27. The van der Waals surface area contributed by atoms with Gasteiger partial charge < -0.3 is 4.23 Å². The van der Waals surface area contributed by atoms with Crippen LogP contribution in [0.1, 0.15) is 0 Å². The number of anilines is 1. The molecule has 0 atom stereocenters. The van der Waals surface area contributed by atoms with Gasteiger partial charge in [0.1, 0.15) is 16.5 Å². The Morgan fingerprint density at radius 3 is 1.44 bits per heavy atom. The topological polar surface area (TPSA) is 3.24 Å². The summed E-state index contributed by atoms with van der Waals surface area (Å²) in [6, 6.07) is 10.9. The van der Waals surface area contributed by atoms with E-state index in [1.165, 1.54) is 5.69 Å². The predicted molar refractivity (Wildman–Crippen MR) is 82.8 cm³/mol. The van der Waals surface area contributed by atoms with E-state index in [9.17, 15) is 0 Å². The van der Waals surface area contributed by atoms with Crippen LogP contribution in [0, 0.1) is 0 Å². The zero-order valence-corrected chi connectivity index (χ0v) is 12.8. The molecular weight excluding hydrogens is 221 g/mol. The van der Waals surface area contributed by atoms with Gasteiger partial charge in [-0.2, -0.15) is 0 Å². The Balaban J connectivity index is 0.00000225. The van der Waals surface area contributed by atoms with Crippen LogP contribution in [0.25, 0.3) is 0 Å². The van der Waals surface area contributed by atoms with E-state index in [-0.39, 0.29) is 18.9 Å². The van der Waals surface area contributed by atoms with Crippen LogP contribution in [0.5, 0.6) is 0 Å². The molecule has 86 valence electrons. The van der Waals surface area contributed by atoms with Crippen LogP contribution in [-0.2, 0) is 0 Å². The first-order chi connectivity index (χ1) is 6.73. The second-order valence-corrected chi connectivity index (χ2v) is 16.0. The Labute approximate surface area is 115 Å². The van der Waals surface area contributed by atoms with Crippen molar-refractivity contribution in [1.29, 1.82) is 0 Å². The molecule has 0 radical (unpaired) electrons. The number of hydrogen-bond donors (Lipinski definition) is 0. The molecule has 16 heavy (non-hydrogen) atoms. The van der Waals surface area contributed by atoms with Gasteiger partial charge in [0.25, 0.3) is 0 Å². The Kier molecular flexibility index (Phi) is 5.61. The van der Waals surface area contributed by atoms with Gasteiger partial charge in [0.2, 0.25) is 0 Å². The molecule has 0 saturated carbocycles. The Hall–Kier alpha value is 0.0512. The fourth-order valence-corrected chi connectivity index (χ4v) is 12.3. The molecule has 0 N–H and O–H groups in total. The number of nitrogens with zero attached hydrogens (tertiary/aromatic N) is 1. The van der Waals surface area contributed by atoms with E-state index in [2.05, 4.69) is 73.8 Å². The van der Waals surface area contributed by atoms with Crippen LogP contribution in [0.15, 0.2) is 30.3 Å². The summed E-state index contributed by atoms with van der Waals surface area (Å²) >= 11 is 0. The molecule has 4 heteroatoms. The Morgan fingerprint density at radius 2 is 1.12 bits per heavy atom. The van der Waals surface area contributed by atoms with Crippen LogP contribution in [0.2, 0.25) is 39.3 Å². The summed E-state index contributed by atoms with van der Waals surface area (Å²) in [5, 5.41) is 0. The average molecular weight is 245 g/mol. The second-order valence-electron chi connectivity index (χ2n) is 6.01. The zero-order chi connectivity index (χ0) is 11.7. The number of hydrogen-bond acceptors (Lipinski definition) is 1. The Bertz CT molecular complexity index is 300. The molecule has 0 unspecified atom stereocenters. The van der Waals surface area contributed by atoms with E-state index in [1.54, 1.807) is 0 Å². The van der Waals surface area contributed by atoms with E-state index in [0.29, 0.717) is 0 Å². The molecule has 0 aromatic heterocycles. The van der Waals surface area contributed by atoms with Crippen molar-refractivity contribution in [1.82, 2.24) is 0 Å². The molecule has 0 aliphatic rings. The van der Waals surface area contributed by atoms with Gasteiger partial charge in [0, 0.05) is 5.69 Å². The van der Waals surface area contributed by atoms with Gasteiger partial charge in [-0.05, 0) is 12.1 Å². The SMILES string of the molecule is C[Si](C)(C)N(c1ccccc1)[Si](C)(C)C.[LiH]. The quantitative estimate of drug-likeness (QED) is 0.737. The summed E-state index contributed by atoms with van der Waals surface area (Å²) in [7, 11) is -2.54. The van der Waals surface area contributed by atoms with Crippen molar-refractivity contribution in [2.45, 2.75) is 39.3 Å². The predicted octanol–water partition coefficient (Wildman–Crippen LogP) is 3.51. The summed E-state index contributed by atoms with van der Waals surface area (Å²) < 4.78 is 2.74. The maximum absolute atomic E-state index is 2.74. The molecule has 1 aromatic rings. The van der Waals surface area contributed by atoms with Crippen LogP contribution in [0.3, 0.4) is 0 Å². The molecule has 1 aromatic carbocycles. The maximum atomic E-state index is 2.74. The summed E-state index contributed by atoms with van der Waals surface area (Å²) in [6.07, 6.45) is 0. The second kappa shape index (κ2) is 5.59. The normalized spacial score (nSPS) is 11.9. The zero-order valence-electron chi connectivity index (χ0n) is 10.8. The molecule has 1 rings (SSSR count). The van der Waals surface area contributed by atoms with Crippen molar-refractivity contribution in [3.8, 4) is 0 Å². The van der Waals surface area contributed by atoms with Gasteiger partial charge in [0.05, 0.1) is 0 Å². The standard InChI is InChI=1S/C12H23NSi2.Li.H/c1-14(2,3)13(15(4,5)6)12-10-8-7-9-11-12;;/h7-11H,1-6H3;;. The first-order valence-corrected chi connectivity index (χ1v) is 12.5. The third kappa shape index (κ3) is 4.14. The van der Waals surface area contributed by atoms with Crippen molar-refractivity contribution in [2.75, 3.05) is 4.23 Å². The third-order valence-corrected chi connectivity index (χ3v) is 9.58. The number of para-hydroxylation sites is 1. The van der Waals surface area contributed by atoms with Crippen molar-refractivity contribution in [3.63, 3.8) is 0 Å². The van der Waals surface area contributed by atoms with Gasteiger partial charge in [-0.25, -0.2) is 0 Å². The van der Waals surface area contributed by atoms with Crippen LogP contribution in [-0.4, -0.2) is 35.3 Å². The molecule has 0 amide bonds. The fourth-order valence-electron chi connectivity index (χ4n) is 2.36. The van der Waals surface area contributed by atoms with Crippen LogP contribution >= 0.6 is 0 Å². The van der Waals surface area contributed by atoms with E-state index >= 15 is 0 Å². The molecular formula is C12H24LiNSi2. The van der Waals surface area contributed by atoms with Crippen LogP contribution < -0.4 is 4.23 Å². The first kappa shape index (κ1) is 16.1. The van der Waals surface area contributed by atoms with Gasteiger partial charge in [-0.15, -0.1) is 0 Å². The molecule has 0 bridgehead atoms. The van der Waals surface area contributed by atoms with E-state index in [4.69, 9.17) is 0 Å². The molecule has 0 saturated heterocycles. The van der Waals surface area contributed by atoms with E-state index in [1.807, 2.05) is 0 Å². The molecule has 0 heterocycles. The molecule has 1 nitrogen and oxygen atoms in total.